The van der Waals surface area contributed by atoms with E-state index < -0.39 is 17.6 Å². The number of carbonyl (C=O) groups is 2. The minimum absolute atomic E-state index is 0.0114. The molecule has 22 heavy (non-hydrogen) atoms. The van der Waals surface area contributed by atoms with Gasteiger partial charge in [-0.15, -0.1) is 0 Å². The summed E-state index contributed by atoms with van der Waals surface area (Å²) in [6.07, 6.45) is 0.733. The highest BCUT2D eigenvalue weighted by Crippen LogP contribution is 2.42. The standard InChI is InChI=1S/C16H21FN2O3/c1-4-22-13-9-12(16(13,2)3)19-15(21)14(20)18-11-8-6-5-7-10(11)17/h5-8,12-13H,4,9H2,1-3H3,(H,18,20)(H,19,21)/t12-,13-/m1/s1. The van der Waals surface area contributed by atoms with Crippen molar-refractivity contribution in [2.75, 3.05) is 11.9 Å². The molecular weight excluding hydrogens is 287 g/mol. The van der Waals surface area contributed by atoms with Gasteiger partial charge in [-0.1, -0.05) is 26.0 Å². The molecule has 6 heteroatoms. The number of amides is 2. The van der Waals surface area contributed by atoms with Crippen LogP contribution in [-0.4, -0.2) is 30.6 Å². The van der Waals surface area contributed by atoms with Crippen molar-refractivity contribution in [3.8, 4) is 0 Å². The molecular formula is C16H21FN2O3. The van der Waals surface area contributed by atoms with Crippen LogP contribution < -0.4 is 10.6 Å². The number of benzene rings is 1. The molecule has 1 aromatic rings. The van der Waals surface area contributed by atoms with Crippen molar-refractivity contribution in [2.45, 2.75) is 39.3 Å². The molecule has 1 fully saturated rings. The number of hydrogen-bond donors (Lipinski definition) is 2. The lowest BCUT2D eigenvalue weighted by Gasteiger charge is -2.51. The van der Waals surface area contributed by atoms with E-state index in [9.17, 15) is 14.0 Å². The number of hydrogen-bond acceptors (Lipinski definition) is 3. The average molecular weight is 308 g/mol. The predicted octanol–water partition coefficient (Wildman–Crippen LogP) is 2.08. The van der Waals surface area contributed by atoms with E-state index in [4.69, 9.17) is 4.74 Å². The maximum atomic E-state index is 13.4. The van der Waals surface area contributed by atoms with Crippen LogP contribution >= 0.6 is 0 Å². The van der Waals surface area contributed by atoms with E-state index in [2.05, 4.69) is 10.6 Å². The summed E-state index contributed by atoms with van der Waals surface area (Å²) in [4.78, 5) is 23.8. The van der Waals surface area contributed by atoms with Gasteiger partial charge in [0.2, 0.25) is 0 Å². The molecule has 0 aromatic heterocycles. The Morgan fingerprint density at radius 1 is 1.32 bits per heavy atom. The van der Waals surface area contributed by atoms with Crippen molar-refractivity contribution < 1.29 is 18.7 Å². The summed E-state index contributed by atoms with van der Waals surface area (Å²) in [5, 5.41) is 4.95. The summed E-state index contributed by atoms with van der Waals surface area (Å²) in [5.74, 6) is -2.22. The molecule has 1 saturated carbocycles. The topological polar surface area (TPSA) is 67.4 Å². The van der Waals surface area contributed by atoms with Crippen LogP contribution in [0.25, 0.3) is 0 Å². The van der Waals surface area contributed by atoms with Crippen molar-refractivity contribution in [3.63, 3.8) is 0 Å². The number of nitrogens with one attached hydrogen (secondary N) is 2. The van der Waals surface area contributed by atoms with Gasteiger partial charge in [-0.2, -0.15) is 0 Å². The van der Waals surface area contributed by atoms with Gasteiger partial charge in [0.05, 0.1) is 11.8 Å². The lowest BCUT2D eigenvalue weighted by molar-refractivity contribution is -0.144. The number of ether oxygens (including phenoxy) is 1. The van der Waals surface area contributed by atoms with Crippen LogP contribution in [-0.2, 0) is 14.3 Å². The number of halogens is 1. The molecule has 2 rings (SSSR count). The molecule has 120 valence electrons. The Morgan fingerprint density at radius 2 is 2.00 bits per heavy atom. The number of rotatable bonds is 4. The molecule has 0 saturated heterocycles. The molecule has 0 radical (unpaired) electrons. The molecule has 1 aromatic carbocycles. The molecule has 0 unspecified atom stereocenters. The monoisotopic (exact) mass is 308 g/mol. The average Bonchev–Trinajstić information content (AvgIpc) is 2.48. The van der Waals surface area contributed by atoms with Gasteiger partial charge in [-0.3, -0.25) is 9.59 Å². The minimum atomic E-state index is -0.874. The number of anilines is 1. The smallest absolute Gasteiger partial charge is 0.313 e. The highest BCUT2D eigenvalue weighted by atomic mass is 19.1. The first-order valence-electron chi connectivity index (χ1n) is 7.34. The normalized spacial score (nSPS) is 22.5. The summed E-state index contributed by atoms with van der Waals surface area (Å²) >= 11 is 0. The molecule has 0 aliphatic heterocycles. The zero-order valence-electron chi connectivity index (χ0n) is 13.0. The SMILES string of the molecule is CCO[C@@H]1C[C@@H](NC(=O)C(=O)Nc2ccccc2F)C1(C)C. The largest absolute Gasteiger partial charge is 0.378 e. The fraction of sp³-hybridized carbons (Fsp3) is 0.500. The fourth-order valence-electron chi connectivity index (χ4n) is 2.58. The van der Waals surface area contributed by atoms with Crippen LogP contribution in [0.3, 0.4) is 0 Å². The van der Waals surface area contributed by atoms with Gasteiger partial charge >= 0.3 is 11.8 Å². The van der Waals surface area contributed by atoms with Crippen molar-refractivity contribution in [1.82, 2.24) is 5.32 Å². The van der Waals surface area contributed by atoms with Gasteiger partial charge in [0.25, 0.3) is 0 Å². The molecule has 2 amide bonds. The van der Waals surface area contributed by atoms with E-state index >= 15 is 0 Å². The van der Waals surface area contributed by atoms with Crippen LogP contribution in [0.4, 0.5) is 10.1 Å². The maximum absolute atomic E-state index is 13.4. The van der Waals surface area contributed by atoms with Gasteiger partial charge in [0.1, 0.15) is 5.82 Å². The molecule has 0 heterocycles. The third kappa shape index (κ3) is 3.27. The summed E-state index contributed by atoms with van der Waals surface area (Å²) < 4.78 is 19.0. The second kappa shape index (κ2) is 6.44. The van der Waals surface area contributed by atoms with Crippen molar-refractivity contribution in [3.05, 3.63) is 30.1 Å². The molecule has 2 atom stereocenters. The minimum Gasteiger partial charge on any atom is -0.378 e. The van der Waals surface area contributed by atoms with Gasteiger partial charge in [-0.05, 0) is 25.5 Å². The Balaban J connectivity index is 1.91. The Morgan fingerprint density at radius 3 is 2.59 bits per heavy atom. The summed E-state index contributed by atoms with van der Waals surface area (Å²) in [5.41, 5.74) is -0.244. The summed E-state index contributed by atoms with van der Waals surface area (Å²) in [7, 11) is 0. The van der Waals surface area contributed by atoms with E-state index in [1.54, 1.807) is 6.07 Å². The first kappa shape index (κ1) is 16.4. The van der Waals surface area contributed by atoms with Crippen LogP contribution in [0.1, 0.15) is 27.2 Å². The van der Waals surface area contributed by atoms with E-state index in [-0.39, 0.29) is 23.2 Å². The first-order chi connectivity index (χ1) is 10.4. The Bertz CT molecular complexity index is 574. The highest BCUT2D eigenvalue weighted by Gasteiger charge is 2.49. The zero-order valence-corrected chi connectivity index (χ0v) is 13.0. The third-order valence-electron chi connectivity index (χ3n) is 4.18. The second-order valence-corrected chi connectivity index (χ2v) is 5.96. The van der Waals surface area contributed by atoms with E-state index in [1.165, 1.54) is 18.2 Å². The van der Waals surface area contributed by atoms with Crippen LogP contribution in [0.5, 0.6) is 0 Å². The summed E-state index contributed by atoms with van der Waals surface area (Å²) in [6.45, 7) is 6.50. The molecule has 1 aliphatic carbocycles. The van der Waals surface area contributed by atoms with Crippen LogP contribution in [0, 0.1) is 11.2 Å². The van der Waals surface area contributed by atoms with Gasteiger partial charge in [0.15, 0.2) is 0 Å². The quantitative estimate of drug-likeness (QED) is 0.837. The van der Waals surface area contributed by atoms with Crippen molar-refractivity contribution in [1.29, 1.82) is 0 Å². The Labute approximate surface area is 129 Å². The first-order valence-corrected chi connectivity index (χ1v) is 7.34. The van der Waals surface area contributed by atoms with Gasteiger partial charge < -0.3 is 15.4 Å². The van der Waals surface area contributed by atoms with E-state index in [0.29, 0.717) is 13.0 Å². The van der Waals surface area contributed by atoms with Crippen LogP contribution in [0.15, 0.2) is 24.3 Å². The van der Waals surface area contributed by atoms with E-state index in [1.807, 2.05) is 20.8 Å². The third-order valence-corrected chi connectivity index (χ3v) is 4.18. The van der Waals surface area contributed by atoms with Gasteiger partial charge in [0, 0.05) is 18.1 Å². The lowest BCUT2D eigenvalue weighted by Crippen LogP contribution is -2.63. The Hall–Kier alpha value is -1.95. The Kier molecular flexibility index (Phi) is 4.81. The summed E-state index contributed by atoms with van der Waals surface area (Å²) in [6, 6.07) is 5.57. The maximum Gasteiger partial charge on any atom is 0.313 e. The van der Waals surface area contributed by atoms with Crippen molar-refractivity contribution >= 4 is 17.5 Å². The molecule has 0 bridgehead atoms. The lowest BCUT2D eigenvalue weighted by atomic mass is 9.64. The van der Waals surface area contributed by atoms with Gasteiger partial charge in [-0.25, -0.2) is 4.39 Å². The van der Waals surface area contributed by atoms with Crippen LogP contribution in [0.2, 0.25) is 0 Å². The zero-order chi connectivity index (χ0) is 16.3. The number of carbonyl (C=O) groups excluding carboxylic acids is 2. The molecule has 0 spiro atoms. The highest BCUT2D eigenvalue weighted by molar-refractivity contribution is 6.39. The van der Waals surface area contributed by atoms with Crippen molar-refractivity contribution in [2.24, 2.45) is 5.41 Å². The molecule has 1 aliphatic rings. The molecule has 2 N–H and O–H groups in total. The molecule has 5 nitrogen and oxygen atoms in total. The second-order valence-electron chi connectivity index (χ2n) is 5.96. The van der Waals surface area contributed by atoms with E-state index in [0.717, 1.165) is 0 Å². The fourth-order valence-corrected chi connectivity index (χ4v) is 2.58. The number of para-hydroxylation sites is 1. The predicted molar refractivity (Wildman–Crippen MR) is 80.8 cm³/mol.